The van der Waals surface area contributed by atoms with E-state index in [1.807, 2.05) is 25.3 Å². The van der Waals surface area contributed by atoms with E-state index in [1.165, 1.54) is 5.69 Å². The molecule has 1 N–H and O–H groups in total. The number of amides is 1. The molecular weight excluding hydrogens is 306 g/mol. The molecule has 0 radical (unpaired) electrons. The van der Waals surface area contributed by atoms with Crippen LogP contribution in [0.5, 0.6) is 0 Å². The smallest absolute Gasteiger partial charge is 0.224 e. The van der Waals surface area contributed by atoms with Crippen molar-refractivity contribution in [1.29, 1.82) is 0 Å². The lowest BCUT2D eigenvalue weighted by Gasteiger charge is -2.22. The molecule has 0 fully saturated rings. The third-order valence-electron chi connectivity index (χ3n) is 3.85. The Kier molecular flexibility index (Phi) is 6.16. The lowest BCUT2D eigenvalue weighted by atomic mass is 10.1. The third kappa shape index (κ3) is 4.79. The zero-order chi connectivity index (χ0) is 16.8. The zero-order valence-electron chi connectivity index (χ0n) is 14.3. The average molecular weight is 331 g/mol. The topological polar surface area (TPSA) is 45.2 Å². The van der Waals surface area contributed by atoms with E-state index in [9.17, 15) is 4.79 Å². The van der Waals surface area contributed by atoms with Crippen LogP contribution < -0.4 is 10.2 Å². The maximum absolute atomic E-state index is 12.1. The van der Waals surface area contributed by atoms with Gasteiger partial charge in [-0.1, -0.05) is 0 Å². The molecule has 2 rings (SSSR count). The van der Waals surface area contributed by atoms with Crippen LogP contribution in [0.15, 0.2) is 23.6 Å². The summed E-state index contributed by atoms with van der Waals surface area (Å²) in [5.74, 6) is 0.0385. The molecule has 1 aromatic carbocycles. The molecule has 5 heteroatoms. The second-order valence-corrected chi connectivity index (χ2v) is 6.54. The Hall–Kier alpha value is -1.88. The van der Waals surface area contributed by atoms with Gasteiger partial charge in [-0.15, -0.1) is 11.3 Å². The van der Waals surface area contributed by atoms with Crippen LogP contribution in [0.25, 0.3) is 0 Å². The standard InChI is InChI=1S/C18H25N3OS/c1-5-21(6-2)15-7-8-16(13(3)11-15)20-17(22)9-10-18-19-14(4)12-23-18/h7-8,11-12H,5-6,9-10H2,1-4H3,(H,20,22). The van der Waals surface area contributed by atoms with Crippen molar-refractivity contribution in [2.24, 2.45) is 0 Å². The molecule has 1 aromatic heterocycles. The number of nitrogens with zero attached hydrogens (tertiary/aromatic N) is 2. The molecule has 0 aliphatic carbocycles. The van der Waals surface area contributed by atoms with Crippen LogP contribution in [0.1, 0.15) is 36.5 Å². The van der Waals surface area contributed by atoms with Crippen molar-refractivity contribution in [3.05, 3.63) is 39.8 Å². The molecule has 2 aromatic rings. The number of anilines is 2. The molecule has 0 atom stereocenters. The van der Waals surface area contributed by atoms with Crippen molar-refractivity contribution < 1.29 is 4.79 Å². The van der Waals surface area contributed by atoms with E-state index >= 15 is 0 Å². The lowest BCUT2D eigenvalue weighted by molar-refractivity contribution is -0.116. The number of carbonyl (C=O) groups is 1. The van der Waals surface area contributed by atoms with Crippen molar-refractivity contribution >= 4 is 28.6 Å². The third-order valence-corrected chi connectivity index (χ3v) is 4.87. The minimum atomic E-state index is 0.0385. The molecule has 0 spiro atoms. The van der Waals surface area contributed by atoms with E-state index in [2.05, 4.69) is 41.2 Å². The molecule has 0 aliphatic heterocycles. The molecule has 23 heavy (non-hydrogen) atoms. The molecule has 0 saturated heterocycles. The zero-order valence-corrected chi connectivity index (χ0v) is 15.2. The van der Waals surface area contributed by atoms with E-state index in [0.29, 0.717) is 12.8 Å². The highest BCUT2D eigenvalue weighted by Crippen LogP contribution is 2.23. The number of thiazole rings is 1. The summed E-state index contributed by atoms with van der Waals surface area (Å²) in [7, 11) is 0. The van der Waals surface area contributed by atoms with Crippen molar-refractivity contribution in [3.63, 3.8) is 0 Å². The molecule has 0 aliphatic rings. The Morgan fingerprint density at radius 3 is 2.57 bits per heavy atom. The molecule has 0 saturated carbocycles. The first kappa shape index (κ1) is 17.5. The number of hydrogen-bond donors (Lipinski definition) is 1. The van der Waals surface area contributed by atoms with Gasteiger partial charge >= 0.3 is 0 Å². The summed E-state index contributed by atoms with van der Waals surface area (Å²) in [4.78, 5) is 18.8. The highest BCUT2D eigenvalue weighted by Gasteiger charge is 2.09. The van der Waals surface area contributed by atoms with E-state index in [1.54, 1.807) is 11.3 Å². The minimum absolute atomic E-state index is 0.0385. The second kappa shape index (κ2) is 8.11. The van der Waals surface area contributed by atoms with Crippen LogP contribution >= 0.6 is 11.3 Å². The maximum Gasteiger partial charge on any atom is 0.224 e. The summed E-state index contributed by atoms with van der Waals surface area (Å²) < 4.78 is 0. The minimum Gasteiger partial charge on any atom is -0.372 e. The van der Waals surface area contributed by atoms with E-state index in [-0.39, 0.29) is 5.91 Å². The van der Waals surface area contributed by atoms with Crippen LogP contribution in [0.3, 0.4) is 0 Å². The second-order valence-electron chi connectivity index (χ2n) is 5.60. The molecule has 0 bridgehead atoms. The Bertz CT molecular complexity index is 662. The fraction of sp³-hybridized carbons (Fsp3) is 0.444. The summed E-state index contributed by atoms with van der Waals surface area (Å²) in [6.07, 6.45) is 1.16. The Balaban J connectivity index is 1.95. The molecule has 4 nitrogen and oxygen atoms in total. The largest absolute Gasteiger partial charge is 0.372 e. The number of aryl methyl sites for hydroxylation is 3. The summed E-state index contributed by atoms with van der Waals surface area (Å²) in [5.41, 5.74) is 4.20. The summed E-state index contributed by atoms with van der Waals surface area (Å²) >= 11 is 1.61. The van der Waals surface area contributed by atoms with Crippen molar-refractivity contribution in [2.75, 3.05) is 23.3 Å². The summed E-state index contributed by atoms with van der Waals surface area (Å²) in [6.45, 7) is 10.3. The number of benzene rings is 1. The van der Waals surface area contributed by atoms with Crippen LogP contribution in [-0.4, -0.2) is 24.0 Å². The lowest BCUT2D eigenvalue weighted by Crippen LogP contribution is -2.22. The SMILES string of the molecule is CCN(CC)c1ccc(NC(=O)CCc2nc(C)cs2)c(C)c1. The van der Waals surface area contributed by atoms with E-state index in [0.717, 1.165) is 35.0 Å². The van der Waals surface area contributed by atoms with Crippen LogP contribution in [0.2, 0.25) is 0 Å². The Labute approximate surface area is 142 Å². The number of aromatic nitrogens is 1. The van der Waals surface area contributed by atoms with Gasteiger partial charge in [0.05, 0.1) is 5.01 Å². The van der Waals surface area contributed by atoms with Crippen molar-refractivity contribution in [2.45, 2.75) is 40.5 Å². The predicted molar refractivity (Wildman–Crippen MR) is 98.5 cm³/mol. The van der Waals surface area contributed by atoms with Gasteiger partial charge in [-0.3, -0.25) is 4.79 Å². The number of carbonyl (C=O) groups excluding carboxylic acids is 1. The molecule has 1 amide bonds. The number of nitrogens with one attached hydrogen (secondary N) is 1. The van der Waals surface area contributed by atoms with Gasteiger partial charge < -0.3 is 10.2 Å². The Morgan fingerprint density at radius 2 is 2.00 bits per heavy atom. The van der Waals surface area contributed by atoms with Crippen LogP contribution in [0.4, 0.5) is 11.4 Å². The monoisotopic (exact) mass is 331 g/mol. The highest BCUT2D eigenvalue weighted by atomic mass is 32.1. The van der Waals surface area contributed by atoms with Gasteiger partial charge in [0, 0.05) is 48.4 Å². The highest BCUT2D eigenvalue weighted by molar-refractivity contribution is 7.09. The summed E-state index contributed by atoms with van der Waals surface area (Å²) in [6, 6.07) is 6.20. The van der Waals surface area contributed by atoms with Gasteiger partial charge in [0.2, 0.25) is 5.91 Å². The van der Waals surface area contributed by atoms with Gasteiger partial charge in [-0.2, -0.15) is 0 Å². The first-order valence-corrected chi connectivity index (χ1v) is 8.97. The Morgan fingerprint density at radius 1 is 1.26 bits per heavy atom. The van der Waals surface area contributed by atoms with Crippen LogP contribution in [0, 0.1) is 13.8 Å². The first-order chi connectivity index (χ1) is 11.0. The van der Waals surface area contributed by atoms with Gasteiger partial charge in [0.1, 0.15) is 0 Å². The van der Waals surface area contributed by atoms with Crippen molar-refractivity contribution in [3.8, 4) is 0 Å². The molecule has 1 heterocycles. The quantitative estimate of drug-likeness (QED) is 0.828. The van der Waals surface area contributed by atoms with Gasteiger partial charge in [0.15, 0.2) is 0 Å². The normalized spacial score (nSPS) is 10.6. The first-order valence-electron chi connectivity index (χ1n) is 8.10. The fourth-order valence-corrected chi connectivity index (χ4v) is 3.30. The van der Waals surface area contributed by atoms with E-state index in [4.69, 9.17) is 0 Å². The van der Waals surface area contributed by atoms with Gasteiger partial charge in [-0.25, -0.2) is 4.98 Å². The molecule has 124 valence electrons. The maximum atomic E-state index is 12.1. The van der Waals surface area contributed by atoms with E-state index < -0.39 is 0 Å². The van der Waals surface area contributed by atoms with Gasteiger partial charge in [0.25, 0.3) is 0 Å². The average Bonchev–Trinajstić information content (AvgIpc) is 2.95. The molecular formula is C18H25N3OS. The van der Waals surface area contributed by atoms with Gasteiger partial charge in [-0.05, 0) is 51.5 Å². The van der Waals surface area contributed by atoms with Crippen LogP contribution in [-0.2, 0) is 11.2 Å². The predicted octanol–water partition coefficient (Wildman–Crippen LogP) is 4.18. The number of hydrogen-bond acceptors (Lipinski definition) is 4. The number of rotatable bonds is 7. The van der Waals surface area contributed by atoms with Crippen molar-refractivity contribution in [1.82, 2.24) is 4.98 Å². The summed E-state index contributed by atoms with van der Waals surface area (Å²) in [5, 5.41) is 6.05. The fourth-order valence-electron chi connectivity index (χ4n) is 2.52. The molecule has 0 unspecified atom stereocenters.